The molecule has 0 saturated carbocycles. The second kappa shape index (κ2) is 3.81. The van der Waals surface area contributed by atoms with Crippen molar-refractivity contribution in [2.24, 2.45) is 5.73 Å². The summed E-state index contributed by atoms with van der Waals surface area (Å²) in [4.78, 5) is 0. The highest BCUT2D eigenvalue weighted by atomic mass is 79.9. The van der Waals surface area contributed by atoms with Crippen LogP contribution in [0.2, 0.25) is 0 Å². The average molecular weight is 307 g/mol. The topological polar surface area (TPSA) is 46.2 Å². The third-order valence-electron chi connectivity index (χ3n) is 1.50. The fourth-order valence-electron chi connectivity index (χ4n) is 0.840. The van der Waals surface area contributed by atoms with Crippen LogP contribution in [0.15, 0.2) is 10.5 Å². The number of benzene rings is 1. The molecule has 7 heteroatoms. The Hall–Kier alpha value is -0.100. The van der Waals surface area contributed by atoms with Gasteiger partial charge in [-0.3, -0.25) is 5.73 Å². The van der Waals surface area contributed by atoms with E-state index in [4.69, 9.17) is 28.9 Å². The number of nitrogens with two attached hydrogens (primary N) is 1. The van der Waals surface area contributed by atoms with Gasteiger partial charge < -0.3 is 5.11 Å². The molecule has 1 aromatic carbocycles. The standard InChI is InChI=1S/C7H4BrCl2F2NO/c8-4-3(11)1-2(7(9,10)13)6(14)5(4)12/h1,14H,13H2. The first-order chi connectivity index (χ1) is 6.25. The highest BCUT2D eigenvalue weighted by Crippen LogP contribution is 2.39. The van der Waals surface area contributed by atoms with Crippen LogP contribution in [0.4, 0.5) is 8.78 Å². The molecule has 0 atom stereocenters. The predicted octanol–water partition coefficient (Wildman–Crippen LogP) is 2.98. The summed E-state index contributed by atoms with van der Waals surface area (Å²) in [5, 5.41) is 9.22. The van der Waals surface area contributed by atoms with Gasteiger partial charge in [0.1, 0.15) is 5.82 Å². The number of phenols is 1. The molecular weight excluding hydrogens is 303 g/mol. The second-order valence-electron chi connectivity index (χ2n) is 2.51. The van der Waals surface area contributed by atoms with E-state index in [0.717, 1.165) is 6.07 Å². The maximum absolute atomic E-state index is 13.1. The molecule has 0 radical (unpaired) electrons. The van der Waals surface area contributed by atoms with Gasteiger partial charge in [0.15, 0.2) is 16.0 Å². The van der Waals surface area contributed by atoms with Crippen LogP contribution < -0.4 is 5.73 Å². The second-order valence-corrected chi connectivity index (χ2v) is 4.68. The Labute approximate surface area is 96.7 Å². The lowest BCUT2D eigenvalue weighted by atomic mass is 10.2. The van der Waals surface area contributed by atoms with E-state index in [-0.39, 0.29) is 0 Å². The largest absolute Gasteiger partial charge is 0.504 e. The van der Waals surface area contributed by atoms with Gasteiger partial charge in [0, 0.05) is 0 Å². The molecule has 0 aliphatic rings. The maximum atomic E-state index is 13.1. The molecule has 14 heavy (non-hydrogen) atoms. The van der Waals surface area contributed by atoms with E-state index in [2.05, 4.69) is 15.9 Å². The lowest BCUT2D eigenvalue weighted by Gasteiger charge is -2.16. The van der Waals surface area contributed by atoms with Crippen molar-refractivity contribution < 1.29 is 13.9 Å². The first kappa shape index (κ1) is 12.0. The first-order valence-electron chi connectivity index (χ1n) is 3.28. The van der Waals surface area contributed by atoms with Crippen LogP contribution in [-0.2, 0) is 4.46 Å². The molecule has 0 heterocycles. The van der Waals surface area contributed by atoms with Gasteiger partial charge in [-0.2, -0.15) is 0 Å². The minimum absolute atomic E-state index is 0.431. The molecule has 0 saturated heterocycles. The van der Waals surface area contributed by atoms with Crippen molar-refractivity contribution in [2.75, 3.05) is 0 Å². The van der Waals surface area contributed by atoms with Crippen molar-refractivity contribution in [1.29, 1.82) is 0 Å². The monoisotopic (exact) mass is 305 g/mol. The summed E-state index contributed by atoms with van der Waals surface area (Å²) >= 11 is 13.4. The molecular formula is C7H4BrCl2F2NO. The smallest absolute Gasteiger partial charge is 0.196 e. The third kappa shape index (κ3) is 2.11. The number of halogens is 5. The van der Waals surface area contributed by atoms with Crippen molar-refractivity contribution in [2.45, 2.75) is 4.46 Å². The van der Waals surface area contributed by atoms with E-state index in [9.17, 15) is 13.9 Å². The Balaban J connectivity index is 3.49. The van der Waals surface area contributed by atoms with E-state index in [1.165, 1.54) is 0 Å². The Morgan fingerprint density at radius 1 is 1.43 bits per heavy atom. The SMILES string of the molecule is NC(Cl)(Cl)c1cc(F)c(Br)c(F)c1O. The summed E-state index contributed by atoms with van der Waals surface area (Å²) in [7, 11) is 0. The van der Waals surface area contributed by atoms with Crippen molar-refractivity contribution >= 4 is 39.1 Å². The molecule has 1 rings (SSSR count). The zero-order valence-electron chi connectivity index (χ0n) is 6.49. The minimum atomic E-state index is -2.05. The fraction of sp³-hybridized carbons (Fsp3) is 0.143. The summed E-state index contributed by atoms with van der Waals surface area (Å²) in [6, 6.07) is 0.752. The zero-order valence-corrected chi connectivity index (χ0v) is 9.59. The number of alkyl halides is 2. The molecule has 2 nitrogen and oxygen atoms in total. The summed E-state index contributed by atoms with van der Waals surface area (Å²) in [6.07, 6.45) is 0. The molecule has 0 aliphatic carbocycles. The number of hydrogen-bond donors (Lipinski definition) is 2. The van der Waals surface area contributed by atoms with E-state index in [1.54, 1.807) is 0 Å². The number of hydrogen-bond acceptors (Lipinski definition) is 2. The van der Waals surface area contributed by atoms with Crippen LogP contribution in [0, 0.1) is 11.6 Å². The fourth-order valence-corrected chi connectivity index (χ4v) is 1.43. The molecule has 0 spiro atoms. The van der Waals surface area contributed by atoms with Crippen molar-refractivity contribution in [3.63, 3.8) is 0 Å². The van der Waals surface area contributed by atoms with Crippen molar-refractivity contribution in [1.82, 2.24) is 0 Å². The van der Waals surface area contributed by atoms with Crippen molar-refractivity contribution in [3.8, 4) is 5.75 Å². The van der Waals surface area contributed by atoms with Gasteiger partial charge in [-0.05, 0) is 22.0 Å². The normalized spacial score (nSPS) is 11.9. The van der Waals surface area contributed by atoms with Gasteiger partial charge in [-0.1, -0.05) is 23.2 Å². The van der Waals surface area contributed by atoms with Gasteiger partial charge in [0.25, 0.3) is 0 Å². The number of aromatic hydroxyl groups is 1. The van der Waals surface area contributed by atoms with Gasteiger partial charge in [0.2, 0.25) is 0 Å². The molecule has 0 aliphatic heterocycles. The van der Waals surface area contributed by atoms with Gasteiger partial charge in [-0.15, -0.1) is 0 Å². The van der Waals surface area contributed by atoms with Gasteiger partial charge in [-0.25, -0.2) is 8.78 Å². The molecule has 0 amide bonds. The lowest BCUT2D eigenvalue weighted by Crippen LogP contribution is -2.23. The highest BCUT2D eigenvalue weighted by Gasteiger charge is 2.29. The summed E-state index contributed by atoms with van der Waals surface area (Å²) in [6.45, 7) is 0. The minimum Gasteiger partial charge on any atom is -0.504 e. The number of rotatable bonds is 1. The summed E-state index contributed by atoms with van der Waals surface area (Å²) in [5.74, 6) is -3.03. The lowest BCUT2D eigenvalue weighted by molar-refractivity contribution is 0.415. The van der Waals surface area contributed by atoms with E-state index < -0.39 is 31.9 Å². The zero-order chi connectivity index (χ0) is 11.1. The maximum Gasteiger partial charge on any atom is 0.196 e. The quantitative estimate of drug-likeness (QED) is 0.476. The van der Waals surface area contributed by atoms with Crippen LogP contribution in [0.1, 0.15) is 5.56 Å². The first-order valence-corrected chi connectivity index (χ1v) is 4.83. The molecule has 0 bridgehead atoms. The van der Waals surface area contributed by atoms with Crippen LogP contribution in [-0.4, -0.2) is 5.11 Å². The summed E-state index contributed by atoms with van der Waals surface area (Å²) in [5.41, 5.74) is 4.74. The molecule has 0 aromatic heterocycles. The average Bonchev–Trinajstić information content (AvgIpc) is 2.06. The molecule has 78 valence electrons. The highest BCUT2D eigenvalue weighted by molar-refractivity contribution is 9.10. The Morgan fingerprint density at radius 3 is 2.36 bits per heavy atom. The molecule has 1 aromatic rings. The molecule has 0 unspecified atom stereocenters. The summed E-state index contributed by atoms with van der Waals surface area (Å²) < 4.78 is 23.5. The van der Waals surface area contributed by atoms with Crippen LogP contribution in [0.25, 0.3) is 0 Å². The third-order valence-corrected chi connectivity index (χ3v) is 2.63. The van der Waals surface area contributed by atoms with Crippen LogP contribution >= 0.6 is 39.1 Å². The Morgan fingerprint density at radius 2 is 1.93 bits per heavy atom. The Kier molecular flexibility index (Phi) is 3.26. The molecule has 3 N–H and O–H groups in total. The van der Waals surface area contributed by atoms with E-state index >= 15 is 0 Å². The van der Waals surface area contributed by atoms with E-state index in [0.29, 0.717) is 0 Å². The van der Waals surface area contributed by atoms with Crippen LogP contribution in [0.3, 0.4) is 0 Å². The number of phenolic OH excluding ortho intramolecular Hbond substituents is 1. The molecule has 0 fully saturated rings. The van der Waals surface area contributed by atoms with Crippen molar-refractivity contribution in [3.05, 3.63) is 27.7 Å². The van der Waals surface area contributed by atoms with E-state index in [1.807, 2.05) is 0 Å². The Bertz CT molecular complexity index is 381. The van der Waals surface area contributed by atoms with Gasteiger partial charge in [0.05, 0.1) is 10.0 Å². The van der Waals surface area contributed by atoms with Gasteiger partial charge >= 0.3 is 0 Å². The van der Waals surface area contributed by atoms with Crippen LogP contribution in [0.5, 0.6) is 5.75 Å². The predicted molar refractivity (Wildman–Crippen MR) is 53.3 cm³/mol.